The van der Waals surface area contributed by atoms with Crippen molar-refractivity contribution in [2.75, 3.05) is 11.1 Å². The molecule has 1 heterocycles. The van der Waals surface area contributed by atoms with Crippen molar-refractivity contribution in [3.8, 4) is 0 Å². The number of amides is 3. The molecule has 0 radical (unpaired) electrons. The maximum Gasteiger partial charge on any atom is 0.234 e. The summed E-state index contributed by atoms with van der Waals surface area (Å²) in [7, 11) is 0. The smallest absolute Gasteiger partial charge is 0.234 e. The van der Waals surface area contributed by atoms with Crippen LogP contribution in [-0.4, -0.2) is 35.0 Å². The van der Waals surface area contributed by atoms with Gasteiger partial charge in [0.05, 0.1) is 5.75 Å². The van der Waals surface area contributed by atoms with Crippen molar-refractivity contribution < 1.29 is 14.4 Å². The van der Waals surface area contributed by atoms with Crippen LogP contribution in [0.1, 0.15) is 29.5 Å². The maximum absolute atomic E-state index is 12.3. The number of thioether (sulfide) groups is 1. The zero-order valence-electron chi connectivity index (χ0n) is 17.7. The summed E-state index contributed by atoms with van der Waals surface area (Å²) in [5.74, 6) is -0.215. The van der Waals surface area contributed by atoms with E-state index in [1.165, 1.54) is 11.8 Å². The molecule has 1 saturated heterocycles. The van der Waals surface area contributed by atoms with Crippen molar-refractivity contribution in [2.45, 2.75) is 44.8 Å². The molecule has 0 aliphatic carbocycles. The fourth-order valence-corrected chi connectivity index (χ4v) is 4.25. The average molecular weight is 441 g/mol. The lowest BCUT2D eigenvalue weighted by atomic mass is 10.1. The van der Waals surface area contributed by atoms with E-state index in [0.29, 0.717) is 6.54 Å². The van der Waals surface area contributed by atoms with Gasteiger partial charge in [-0.25, -0.2) is 0 Å². The van der Waals surface area contributed by atoms with E-state index in [4.69, 9.17) is 0 Å². The van der Waals surface area contributed by atoms with Gasteiger partial charge in [-0.15, -0.1) is 11.8 Å². The van der Waals surface area contributed by atoms with Crippen molar-refractivity contribution in [2.24, 2.45) is 0 Å². The Hall–Kier alpha value is -2.84. The molecule has 0 saturated carbocycles. The first-order chi connectivity index (χ1) is 14.9. The summed E-state index contributed by atoms with van der Waals surface area (Å²) in [6, 6.07) is 15.2. The van der Waals surface area contributed by atoms with Crippen molar-refractivity contribution in [3.05, 3.63) is 65.2 Å². The van der Waals surface area contributed by atoms with Gasteiger partial charge < -0.3 is 16.0 Å². The molecular weight excluding hydrogens is 412 g/mol. The molecule has 1 fully saturated rings. The second-order valence-corrected chi connectivity index (χ2v) is 8.75. The Morgan fingerprint density at radius 1 is 1.10 bits per heavy atom. The van der Waals surface area contributed by atoms with Crippen LogP contribution < -0.4 is 21.3 Å². The van der Waals surface area contributed by atoms with E-state index in [1.807, 2.05) is 62.4 Å². The van der Waals surface area contributed by atoms with Crippen LogP contribution in [0.2, 0.25) is 0 Å². The Morgan fingerprint density at radius 3 is 2.61 bits per heavy atom. The number of anilines is 1. The van der Waals surface area contributed by atoms with E-state index in [2.05, 4.69) is 21.3 Å². The molecule has 7 nitrogen and oxygen atoms in total. The van der Waals surface area contributed by atoms with E-state index < -0.39 is 5.50 Å². The molecule has 2 unspecified atom stereocenters. The van der Waals surface area contributed by atoms with Gasteiger partial charge in [-0.1, -0.05) is 48.0 Å². The van der Waals surface area contributed by atoms with Crippen LogP contribution in [0, 0.1) is 13.8 Å². The van der Waals surface area contributed by atoms with Gasteiger partial charge in [0.15, 0.2) is 0 Å². The van der Waals surface area contributed by atoms with Gasteiger partial charge >= 0.3 is 0 Å². The zero-order valence-corrected chi connectivity index (χ0v) is 18.6. The van der Waals surface area contributed by atoms with Crippen LogP contribution in [0.25, 0.3) is 0 Å². The summed E-state index contributed by atoms with van der Waals surface area (Å²) in [6.07, 6.45) is 0.427. The van der Waals surface area contributed by atoms with Gasteiger partial charge in [-0.05, 0) is 31.0 Å². The van der Waals surface area contributed by atoms with E-state index in [0.717, 1.165) is 22.4 Å². The van der Waals surface area contributed by atoms with Crippen molar-refractivity contribution >= 4 is 35.2 Å². The van der Waals surface area contributed by atoms with Crippen molar-refractivity contribution in [3.63, 3.8) is 0 Å². The van der Waals surface area contributed by atoms with Crippen LogP contribution in [0.15, 0.2) is 48.5 Å². The molecule has 3 rings (SSSR count). The second-order valence-electron chi connectivity index (χ2n) is 7.66. The SMILES string of the molecule is Cc1ccc(NC(=O)CSC2NC(=O)CC(CC(=O)NCc3ccccc3)N2)c(C)c1. The summed E-state index contributed by atoms with van der Waals surface area (Å²) in [5.41, 5.74) is 3.53. The Bertz CT molecular complexity index is 936. The first-order valence-corrected chi connectivity index (χ1v) is 11.3. The monoisotopic (exact) mass is 440 g/mol. The molecular formula is C23H28N4O3S. The van der Waals surface area contributed by atoms with Crippen LogP contribution >= 0.6 is 11.8 Å². The third kappa shape index (κ3) is 7.41. The lowest BCUT2D eigenvalue weighted by molar-refractivity contribution is -0.125. The molecule has 31 heavy (non-hydrogen) atoms. The number of benzene rings is 2. The Balaban J connectivity index is 1.43. The quantitative estimate of drug-likeness (QED) is 0.505. The summed E-state index contributed by atoms with van der Waals surface area (Å²) >= 11 is 1.29. The molecule has 164 valence electrons. The highest BCUT2D eigenvalue weighted by Gasteiger charge is 2.28. The molecule has 2 aromatic rings. The fraction of sp³-hybridized carbons (Fsp3) is 0.348. The van der Waals surface area contributed by atoms with Crippen molar-refractivity contribution in [1.82, 2.24) is 16.0 Å². The van der Waals surface area contributed by atoms with E-state index in [9.17, 15) is 14.4 Å². The predicted molar refractivity (Wildman–Crippen MR) is 123 cm³/mol. The molecule has 8 heteroatoms. The van der Waals surface area contributed by atoms with Gasteiger partial charge in [0.1, 0.15) is 5.50 Å². The van der Waals surface area contributed by atoms with Gasteiger partial charge in [-0.3, -0.25) is 19.7 Å². The van der Waals surface area contributed by atoms with Crippen LogP contribution in [-0.2, 0) is 20.9 Å². The lowest BCUT2D eigenvalue weighted by Crippen LogP contribution is -2.56. The second kappa shape index (κ2) is 11.0. The first kappa shape index (κ1) is 22.8. The number of aryl methyl sites for hydroxylation is 2. The third-order valence-corrected chi connectivity index (χ3v) is 5.93. The van der Waals surface area contributed by atoms with Gasteiger partial charge in [0, 0.05) is 31.1 Å². The highest BCUT2D eigenvalue weighted by Crippen LogP contribution is 2.18. The summed E-state index contributed by atoms with van der Waals surface area (Å²) in [5, 5.41) is 11.8. The average Bonchev–Trinajstić information content (AvgIpc) is 2.73. The predicted octanol–water partition coefficient (Wildman–Crippen LogP) is 2.44. The largest absolute Gasteiger partial charge is 0.352 e. The Morgan fingerprint density at radius 2 is 1.87 bits per heavy atom. The Kier molecular flexibility index (Phi) is 8.08. The van der Waals surface area contributed by atoms with E-state index in [-0.39, 0.29) is 42.4 Å². The number of nitrogens with one attached hydrogen (secondary N) is 4. The summed E-state index contributed by atoms with van der Waals surface area (Å²) in [4.78, 5) is 36.6. The zero-order chi connectivity index (χ0) is 22.2. The first-order valence-electron chi connectivity index (χ1n) is 10.2. The summed E-state index contributed by atoms with van der Waals surface area (Å²) < 4.78 is 0. The third-order valence-electron chi connectivity index (χ3n) is 4.91. The van der Waals surface area contributed by atoms with Crippen LogP contribution in [0.3, 0.4) is 0 Å². The van der Waals surface area contributed by atoms with Crippen LogP contribution in [0.5, 0.6) is 0 Å². The molecule has 2 atom stereocenters. The molecule has 0 bridgehead atoms. The van der Waals surface area contributed by atoms with Gasteiger partial charge in [0.2, 0.25) is 17.7 Å². The van der Waals surface area contributed by atoms with Crippen LogP contribution in [0.4, 0.5) is 5.69 Å². The normalized spacial score (nSPS) is 18.2. The minimum absolute atomic E-state index is 0.118. The number of hydrogen-bond acceptors (Lipinski definition) is 5. The standard InChI is InChI=1S/C23H28N4O3S/c1-15-8-9-19(16(2)10-15)26-22(30)14-31-23-25-18(12-21(29)27-23)11-20(28)24-13-17-6-4-3-5-7-17/h3-10,18,23,25H,11-14H2,1-2H3,(H,24,28)(H,26,30)(H,27,29). The molecule has 1 aliphatic rings. The Labute approximate surface area is 186 Å². The number of hydrogen-bond donors (Lipinski definition) is 4. The molecule has 0 aromatic heterocycles. The minimum Gasteiger partial charge on any atom is -0.352 e. The van der Waals surface area contributed by atoms with Gasteiger partial charge in [-0.2, -0.15) is 0 Å². The van der Waals surface area contributed by atoms with E-state index in [1.54, 1.807) is 0 Å². The number of rotatable bonds is 8. The molecule has 3 amide bonds. The molecule has 2 aromatic carbocycles. The molecule has 4 N–H and O–H groups in total. The minimum atomic E-state index is -0.418. The number of carbonyl (C=O) groups is 3. The fourth-order valence-electron chi connectivity index (χ4n) is 3.36. The highest BCUT2D eigenvalue weighted by atomic mass is 32.2. The van der Waals surface area contributed by atoms with Crippen molar-refractivity contribution in [1.29, 1.82) is 0 Å². The molecule has 0 spiro atoms. The van der Waals surface area contributed by atoms with E-state index >= 15 is 0 Å². The maximum atomic E-state index is 12.3. The van der Waals surface area contributed by atoms with Gasteiger partial charge in [0.25, 0.3) is 0 Å². The summed E-state index contributed by atoms with van der Waals surface area (Å²) in [6.45, 7) is 4.41. The highest BCUT2D eigenvalue weighted by molar-refractivity contribution is 8.00. The lowest BCUT2D eigenvalue weighted by Gasteiger charge is -2.30. The topological polar surface area (TPSA) is 99.3 Å². The number of carbonyl (C=O) groups excluding carboxylic acids is 3. The molecule has 1 aliphatic heterocycles.